The van der Waals surface area contributed by atoms with E-state index in [9.17, 15) is 4.79 Å². The third-order valence-electron chi connectivity index (χ3n) is 3.29. The van der Waals surface area contributed by atoms with E-state index in [1.807, 2.05) is 18.2 Å². The largest absolute Gasteiger partial charge is 0.478 e. The number of hydrogen-bond donors (Lipinski definition) is 2. The Morgan fingerprint density at radius 1 is 1.33 bits per heavy atom. The molecule has 0 amide bonds. The quantitative estimate of drug-likeness (QED) is 0.853. The number of nitrogens with one attached hydrogen (secondary N) is 1. The maximum atomic E-state index is 10.9. The summed E-state index contributed by atoms with van der Waals surface area (Å²) in [6.07, 6.45) is 3.27. The highest BCUT2D eigenvalue weighted by molar-refractivity contribution is 5.88. The molecule has 0 aliphatic heterocycles. The van der Waals surface area contributed by atoms with Gasteiger partial charge in [-0.2, -0.15) is 0 Å². The molecule has 1 unspecified atom stereocenters. The number of nitrogens with zero attached hydrogens (tertiary/aromatic N) is 2. The molecule has 2 aromatic rings. The number of carboxylic acid groups (broad SMARTS) is 1. The van der Waals surface area contributed by atoms with Gasteiger partial charge in [0, 0.05) is 12.2 Å². The summed E-state index contributed by atoms with van der Waals surface area (Å²) in [7, 11) is 0. The predicted octanol–water partition coefficient (Wildman–Crippen LogP) is 2.92. The third-order valence-corrected chi connectivity index (χ3v) is 3.29. The summed E-state index contributed by atoms with van der Waals surface area (Å²) in [5, 5.41) is 12.2. The van der Waals surface area contributed by atoms with Crippen molar-refractivity contribution in [3.05, 3.63) is 53.3 Å². The second-order valence-electron chi connectivity index (χ2n) is 5.07. The first-order valence-corrected chi connectivity index (χ1v) is 6.93. The van der Waals surface area contributed by atoms with Gasteiger partial charge in [0.05, 0.1) is 11.3 Å². The molecule has 0 aliphatic rings. The summed E-state index contributed by atoms with van der Waals surface area (Å²) in [6.45, 7) is 3.73. The van der Waals surface area contributed by atoms with Crippen LogP contribution in [0.4, 0.5) is 5.95 Å². The molecule has 0 saturated carbocycles. The second-order valence-corrected chi connectivity index (χ2v) is 5.07. The zero-order valence-electron chi connectivity index (χ0n) is 12.2. The lowest BCUT2D eigenvalue weighted by Gasteiger charge is -2.14. The van der Waals surface area contributed by atoms with E-state index >= 15 is 0 Å². The minimum Gasteiger partial charge on any atom is -0.478 e. The lowest BCUT2D eigenvalue weighted by atomic mass is 10.1. The molecule has 5 nitrogen and oxygen atoms in total. The summed E-state index contributed by atoms with van der Waals surface area (Å²) in [5.41, 5.74) is 1.90. The predicted molar refractivity (Wildman–Crippen MR) is 81.6 cm³/mol. The van der Waals surface area contributed by atoms with E-state index in [2.05, 4.69) is 34.3 Å². The van der Waals surface area contributed by atoms with E-state index in [0.717, 1.165) is 12.8 Å². The number of aromatic carboxylic acids is 1. The van der Waals surface area contributed by atoms with Crippen LogP contribution in [-0.4, -0.2) is 27.1 Å². The molecule has 1 atom stereocenters. The number of carboxylic acids is 1. The first-order chi connectivity index (χ1) is 10.1. The lowest BCUT2D eigenvalue weighted by Crippen LogP contribution is -2.18. The van der Waals surface area contributed by atoms with Crippen LogP contribution >= 0.6 is 0 Å². The van der Waals surface area contributed by atoms with Gasteiger partial charge in [0.2, 0.25) is 5.95 Å². The summed E-state index contributed by atoms with van der Waals surface area (Å²) >= 11 is 0. The molecule has 0 spiro atoms. The lowest BCUT2D eigenvalue weighted by molar-refractivity contribution is 0.0695. The molecule has 21 heavy (non-hydrogen) atoms. The van der Waals surface area contributed by atoms with Crippen molar-refractivity contribution in [1.29, 1.82) is 0 Å². The molecular weight excluding hydrogens is 266 g/mol. The Morgan fingerprint density at radius 2 is 2.05 bits per heavy atom. The van der Waals surface area contributed by atoms with E-state index in [0.29, 0.717) is 11.6 Å². The van der Waals surface area contributed by atoms with Gasteiger partial charge in [-0.25, -0.2) is 14.8 Å². The van der Waals surface area contributed by atoms with Gasteiger partial charge in [-0.15, -0.1) is 0 Å². The molecule has 0 fully saturated rings. The molecule has 1 heterocycles. The van der Waals surface area contributed by atoms with Crippen molar-refractivity contribution in [2.45, 2.75) is 32.7 Å². The van der Waals surface area contributed by atoms with Crippen molar-refractivity contribution in [2.75, 3.05) is 5.32 Å². The van der Waals surface area contributed by atoms with Gasteiger partial charge in [-0.1, -0.05) is 30.3 Å². The summed E-state index contributed by atoms with van der Waals surface area (Å²) in [4.78, 5) is 19.2. The minimum atomic E-state index is -1.00. The fourth-order valence-electron chi connectivity index (χ4n) is 2.07. The molecular formula is C16H19N3O2. The van der Waals surface area contributed by atoms with Crippen LogP contribution in [0.15, 0.2) is 36.5 Å². The van der Waals surface area contributed by atoms with Crippen molar-refractivity contribution in [2.24, 2.45) is 0 Å². The van der Waals surface area contributed by atoms with E-state index in [4.69, 9.17) is 5.11 Å². The van der Waals surface area contributed by atoms with Gasteiger partial charge in [0.25, 0.3) is 0 Å². The minimum absolute atomic E-state index is 0.137. The van der Waals surface area contributed by atoms with E-state index < -0.39 is 5.97 Å². The second kappa shape index (κ2) is 6.83. The van der Waals surface area contributed by atoms with Gasteiger partial charge in [0.1, 0.15) is 0 Å². The number of carbonyl (C=O) groups is 1. The number of benzene rings is 1. The summed E-state index contributed by atoms with van der Waals surface area (Å²) < 4.78 is 0. The van der Waals surface area contributed by atoms with Gasteiger partial charge < -0.3 is 10.4 Å². The Morgan fingerprint density at radius 3 is 2.67 bits per heavy atom. The smallest absolute Gasteiger partial charge is 0.339 e. The summed E-state index contributed by atoms with van der Waals surface area (Å²) in [6, 6.07) is 10.5. The van der Waals surface area contributed by atoms with Crippen LogP contribution in [0.3, 0.4) is 0 Å². The van der Waals surface area contributed by atoms with Crippen LogP contribution in [0.25, 0.3) is 0 Å². The highest BCUT2D eigenvalue weighted by Gasteiger charge is 2.11. The number of anilines is 1. The number of aryl methyl sites for hydroxylation is 2. The van der Waals surface area contributed by atoms with Gasteiger partial charge in [-0.3, -0.25) is 0 Å². The molecule has 1 aromatic heterocycles. The highest BCUT2D eigenvalue weighted by Crippen LogP contribution is 2.11. The van der Waals surface area contributed by atoms with Crippen molar-refractivity contribution in [1.82, 2.24) is 9.97 Å². The monoisotopic (exact) mass is 285 g/mol. The van der Waals surface area contributed by atoms with Crippen LogP contribution in [-0.2, 0) is 6.42 Å². The maximum Gasteiger partial charge on any atom is 0.339 e. The highest BCUT2D eigenvalue weighted by atomic mass is 16.4. The number of rotatable bonds is 6. The van der Waals surface area contributed by atoms with Crippen LogP contribution < -0.4 is 5.32 Å². The Balaban J connectivity index is 1.92. The molecule has 0 aliphatic carbocycles. The Bertz CT molecular complexity index is 614. The molecule has 110 valence electrons. The average molecular weight is 285 g/mol. The van der Waals surface area contributed by atoms with Gasteiger partial charge in [-0.05, 0) is 32.3 Å². The van der Waals surface area contributed by atoms with Crippen molar-refractivity contribution in [3.63, 3.8) is 0 Å². The molecule has 5 heteroatoms. The van der Waals surface area contributed by atoms with Crippen molar-refractivity contribution >= 4 is 11.9 Å². The normalized spacial score (nSPS) is 11.9. The molecule has 0 radical (unpaired) electrons. The van der Waals surface area contributed by atoms with Crippen molar-refractivity contribution < 1.29 is 9.90 Å². The molecule has 2 rings (SSSR count). The zero-order valence-corrected chi connectivity index (χ0v) is 12.2. The van der Waals surface area contributed by atoms with Gasteiger partial charge >= 0.3 is 5.97 Å². The topological polar surface area (TPSA) is 75.1 Å². The standard InChI is InChI=1S/C16H19N3O2/c1-11(8-9-13-6-4-3-5-7-13)18-16-17-10-14(15(20)21)12(2)19-16/h3-7,10-11H,8-9H2,1-2H3,(H,20,21)(H,17,18,19). The average Bonchev–Trinajstić information content (AvgIpc) is 2.46. The van der Waals surface area contributed by atoms with Crippen LogP contribution in [0, 0.1) is 6.92 Å². The number of aromatic nitrogens is 2. The maximum absolute atomic E-state index is 10.9. The first-order valence-electron chi connectivity index (χ1n) is 6.93. The Kier molecular flexibility index (Phi) is 4.87. The van der Waals surface area contributed by atoms with E-state index in [1.54, 1.807) is 6.92 Å². The zero-order chi connectivity index (χ0) is 15.2. The van der Waals surface area contributed by atoms with Gasteiger partial charge in [0.15, 0.2) is 0 Å². The SMILES string of the molecule is Cc1nc(NC(C)CCc2ccccc2)ncc1C(=O)O. The molecule has 0 saturated heterocycles. The fourth-order valence-corrected chi connectivity index (χ4v) is 2.07. The van der Waals surface area contributed by atoms with E-state index in [-0.39, 0.29) is 11.6 Å². The van der Waals surface area contributed by atoms with E-state index in [1.165, 1.54) is 11.8 Å². The molecule has 2 N–H and O–H groups in total. The number of hydrogen-bond acceptors (Lipinski definition) is 4. The summed E-state index contributed by atoms with van der Waals surface area (Å²) in [5.74, 6) is -0.533. The molecule has 1 aromatic carbocycles. The molecule has 0 bridgehead atoms. The fraction of sp³-hybridized carbons (Fsp3) is 0.312. The third kappa shape index (κ3) is 4.27. The van der Waals surface area contributed by atoms with Crippen LogP contribution in [0.1, 0.15) is 35.0 Å². The van der Waals surface area contributed by atoms with Crippen LogP contribution in [0.5, 0.6) is 0 Å². The van der Waals surface area contributed by atoms with Crippen molar-refractivity contribution in [3.8, 4) is 0 Å². The van der Waals surface area contributed by atoms with Crippen LogP contribution in [0.2, 0.25) is 0 Å². The first kappa shape index (κ1) is 15.0. The Hall–Kier alpha value is -2.43. The Labute approximate surface area is 124 Å².